The molecule has 80 valence electrons. The Morgan fingerprint density at radius 1 is 1.44 bits per heavy atom. The first-order valence-electron chi connectivity index (χ1n) is 4.90. The number of hydrogen-bond donors (Lipinski definition) is 0. The third kappa shape index (κ3) is 1.27. The largest absolute Gasteiger partial charge is 0.454 e. The molecule has 2 heterocycles. The average Bonchev–Trinajstić information content (AvgIpc) is 2.96. The van der Waals surface area contributed by atoms with E-state index >= 15 is 0 Å². The monoisotopic (exact) mass is 216 g/mol. The Morgan fingerprint density at radius 2 is 2.25 bits per heavy atom. The number of hydrogen-bond acceptors (Lipinski definition) is 4. The fourth-order valence-electron chi connectivity index (χ4n) is 1.67. The molecule has 2 aliphatic heterocycles. The third-order valence-corrected chi connectivity index (χ3v) is 2.64. The van der Waals surface area contributed by atoms with Crippen molar-refractivity contribution in [3.8, 4) is 17.6 Å². The van der Waals surface area contributed by atoms with E-state index in [4.69, 9.17) is 14.7 Å². The molecule has 1 aromatic rings. The molecule has 16 heavy (non-hydrogen) atoms. The van der Waals surface area contributed by atoms with Crippen molar-refractivity contribution >= 4 is 5.91 Å². The van der Waals surface area contributed by atoms with E-state index in [1.54, 1.807) is 18.2 Å². The van der Waals surface area contributed by atoms with Crippen molar-refractivity contribution in [1.82, 2.24) is 4.90 Å². The molecule has 1 atom stereocenters. The highest BCUT2D eigenvalue weighted by molar-refractivity contribution is 5.97. The van der Waals surface area contributed by atoms with Gasteiger partial charge in [-0.1, -0.05) is 0 Å². The molecule has 1 fully saturated rings. The Morgan fingerprint density at radius 3 is 3.00 bits per heavy atom. The lowest BCUT2D eigenvalue weighted by Crippen LogP contribution is -2.12. The fourth-order valence-corrected chi connectivity index (χ4v) is 1.67. The number of rotatable bonds is 1. The molecule has 1 amide bonds. The van der Waals surface area contributed by atoms with Gasteiger partial charge in [-0.05, 0) is 18.2 Å². The van der Waals surface area contributed by atoms with Gasteiger partial charge in [0.05, 0.1) is 12.6 Å². The minimum atomic E-state index is -0.266. The Hall–Kier alpha value is -2.22. The summed E-state index contributed by atoms with van der Waals surface area (Å²) in [5.41, 5.74) is 0.530. The van der Waals surface area contributed by atoms with Crippen LogP contribution in [0.4, 0.5) is 0 Å². The van der Waals surface area contributed by atoms with Crippen LogP contribution in [0.3, 0.4) is 0 Å². The van der Waals surface area contributed by atoms with Crippen LogP contribution in [0.15, 0.2) is 18.2 Å². The maximum Gasteiger partial charge on any atom is 0.255 e. The van der Waals surface area contributed by atoms with Gasteiger partial charge in [-0.25, -0.2) is 0 Å². The Kier molecular flexibility index (Phi) is 1.77. The normalized spacial score (nSPS) is 20.4. The molecule has 0 N–H and O–H groups in total. The lowest BCUT2D eigenvalue weighted by atomic mass is 10.2. The predicted octanol–water partition coefficient (Wildman–Crippen LogP) is 0.763. The molecule has 0 aliphatic carbocycles. The molecule has 0 saturated carbocycles. The zero-order valence-corrected chi connectivity index (χ0v) is 8.34. The number of nitrogens with zero attached hydrogens (tertiary/aromatic N) is 2. The second-order valence-corrected chi connectivity index (χ2v) is 3.67. The second-order valence-electron chi connectivity index (χ2n) is 3.67. The van der Waals surface area contributed by atoms with Crippen molar-refractivity contribution in [3.05, 3.63) is 23.8 Å². The Bertz CT molecular complexity index is 506. The fraction of sp³-hybridized carbons (Fsp3) is 0.273. The van der Waals surface area contributed by atoms with Gasteiger partial charge >= 0.3 is 0 Å². The van der Waals surface area contributed by atoms with Gasteiger partial charge in [-0.3, -0.25) is 4.79 Å². The zero-order valence-electron chi connectivity index (χ0n) is 8.34. The van der Waals surface area contributed by atoms with Crippen LogP contribution in [0.2, 0.25) is 0 Å². The van der Waals surface area contributed by atoms with E-state index in [0.29, 0.717) is 23.6 Å². The van der Waals surface area contributed by atoms with E-state index in [9.17, 15) is 4.79 Å². The molecule has 5 nitrogen and oxygen atoms in total. The first kappa shape index (κ1) is 9.04. The lowest BCUT2D eigenvalue weighted by Gasteiger charge is -2.03. The smallest absolute Gasteiger partial charge is 0.255 e. The van der Waals surface area contributed by atoms with Gasteiger partial charge in [-0.2, -0.15) is 5.26 Å². The van der Waals surface area contributed by atoms with E-state index in [1.807, 2.05) is 6.07 Å². The zero-order chi connectivity index (χ0) is 11.1. The molecular formula is C11H8N2O3. The van der Waals surface area contributed by atoms with Crippen molar-refractivity contribution in [1.29, 1.82) is 5.26 Å². The number of nitriles is 1. The van der Waals surface area contributed by atoms with Crippen LogP contribution in [0.25, 0.3) is 0 Å². The second kappa shape index (κ2) is 3.14. The van der Waals surface area contributed by atoms with Gasteiger partial charge < -0.3 is 14.4 Å². The van der Waals surface area contributed by atoms with Crippen molar-refractivity contribution in [2.45, 2.75) is 6.04 Å². The van der Waals surface area contributed by atoms with Gasteiger partial charge in [0.2, 0.25) is 6.79 Å². The number of carbonyl (C=O) groups is 1. The number of amides is 1. The minimum Gasteiger partial charge on any atom is -0.454 e. The lowest BCUT2D eigenvalue weighted by molar-refractivity contribution is 0.0879. The van der Waals surface area contributed by atoms with Crippen LogP contribution in [0.5, 0.6) is 11.5 Å². The SMILES string of the molecule is N#CC1CN1C(=O)c1ccc2c(c1)OCO2. The quantitative estimate of drug-likeness (QED) is 0.650. The van der Waals surface area contributed by atoms with Crippen molar-refractivity contribution in [3.63, 3.8) is 0 Å². The summed E-state index contributed by atoms with van der Waals surface area (Å²) in [6.45, 7) is 0.710. The van der Waals surface area contributed by atoms with Gasteiger partial charge in [0, 0.05) is 5.56 Å². The topological polar surface area (TPSA) is 62.3 Å². The summed E-state index contributed by atoms with van der Waals surface area (Å²) in [5, 5.41) is 8.64. The third-order valence-electron chi connectivity index (χ3n) is 2.64. The molecule has 0 aromatic heterocycles. The number of ether oxygens (including phenoxy) is 2. The molecule has 5 heteroatoms. The molecule has 1 saturated heterocycles. The van der Waals surface area contributed by atoms with E-state index in [1.165, 1.54) is 4.90 Å². The highest BCUT2D eigenvalue weighted by Crippen LogP contribution is 2.33. The predicted molar refractivity (Wildman–Crippen MR) is 53.0 cm³/mol. The van der Waals surface area contributed by atoms with Crippen LogP contribution in [0, 0.1) is 11.3 Å². The van der Waals surface area contributed by atoms with Gasteiger partial charge in [0.25, 0.3) is 5.91 Å². The van der Waals surface area contributed by atoms with Gasteiger partial charge in [-0.15, -0.1) is 0 Å². The van der Waals surface area contributed by atoms with Crippen LogP contribution >= 0.6 is 0 Å². The number of carbonyl (C=O) groups excluding carboxylic acids is 1. The maximum atomic E-state index is 11.9. The summed E-state index contributed by atoms with van der Waals surface area (Å²) in [7, 11) is 0. The summed E-state index contributed by atoms with van der Waals surface area (Å²) in [6, 6.07) is 6.82. The van der Waals surface area contributed by atoms with Crippen molar-refractivity contribution in [2.75, 3.05) is 13.3 Å². The van der Waals surface area contributed by atoms with Crippen molar-refractivity contribution < 1.29 is 14.3 Å². The first-order valence-corrected chi connectivity index (χ1v) is 4.90. The first-order chi connectivity index (χ1) is 7.79. The number of benzene rings is 1. The van der Waals surface area contributed by atoms with Crippen LogP contribution in [0.1, 0.15) is 10.4 Å². The summed E-state index contributed by atoms with van der Waals surface area (Å²) < 4.78 is 10.3. The summed E-state index contributed by atoms with van der Waals surface area (Å²) in [5.74, 6) is 1.10. The Labute approximate surface area is 91.8 Å². The summed E-state index contributed by atoms with van der Waals surface area (Å²) in [4.78, 5) is 13.4. The highest BCUT2D eigenvalue weighted by atomic mass is 16.7. The van der Waals surface area contributed by atoms with Crippen LogP contribution < -0.4 is 9.47 Å². The molecule has 0 radical (unpaired) electrons. The molecule has 1 unspecified atom stereocenters. The van der Waals surface area contributed by atoms with E-state index < -0.39 is 0 Å². The maximum absolute atomic E-state index is 11.9. The van der Waals surface area contributed by atoms with E-state index in [-0.39, 0.29) is 18.7 Å². The molecule has 1 aromatic carbocycles. The van der Waals surface area contributed by atoms with Crippen molar-refractivity contribution in [2.24, 2.45) is 0 Å². The van der Waals surface area contributed by atoms with Crippen LogP contribution in [-0.2, 0) is 0 Å². The molecular weight excluding hydrogens is 208 g/mol. The standard InChI is InChI=1S/C11H8N2O3/c12-4-8-5-13(8)11(14)7-1-2-9-10(3-7)16-6-15-9/h1-3,8H,5-6H2. The van der Waals surface area contributed by atoms with Crippen LogP contribution in [-0.4, -0.2) is 30.2 Å². The average molecular weight is 216 g/mol. The highest BCUT2D eigenvalue weighted by Gasteiger charge is 2.39. The molecule has 3 rings (SSSR count). The van der Waals surface area contributed by atoms with Gasteiger partial charge in [0.1, 0.15) is 6.04 Å². The molecule has 2 aliphatic rings. The van der Waals surface area contributed by atoms with E-state index in [2.05, 4.69) is 0 Å². The van der Waals surface area contributed by atoms with Gasteiger partial charge in [0.15, 0.2) is 11.5 Å². The molecule has 0 bridgehead atoms. The molecule has 0 spiro atoms. The summed E-state index contributed by atoms with van der Waals surface area (Å²) in [6.07, 6.45) is 0. The van der Waals surface area contributed by atoms with E-state index in [0.717, 1.165) is 0 Å². The Balaban J connectivity index is 1.86. The summed E-state index contributed by atoms with van der Waals surface area (Å²) >= 11 is 0. The number of fused-ring (bicyclic) bond motifs is 1. The minimum absolute atomic E-state index is 0.134.